The number of hydrogen-bond acceptors (Lipinski definition) is 2. The largest absolute Gasteiger partial charge is 0.429 e. The first-order valence-electron chi connectivity index (χ1n) is 7.11. The Morgan fingerprint density at radius 1 is 1.10 bits per heavy atom. The molecule has 0 amide bonds. The van der Waals surface area contributed by atoms with Crippen LogP contribution in [0.4, 0.5) is 5.69 Å². The van der Waals surface area contributed by atoms with Gasteiger partial charge in [0.05, 0.1) is 0 Å². The zero-order chi connectivity index (χ0) is 15.5. The molecule has 2 aromatic rings. The predicted molar refractivity (Wildman–Crippen MR) is 89.5 cm³/mol. The van der Waals surface area contributed by atoms with Gasteiger partial charge in [0, 0.05) is 12.4 Å². The minimum atomic E-state index is -2.96. The Balaban J connectivity index is 2.14. The maximum Gasteiger partial charge on any atom is 0.338 e. The van der Waals surface area contributed by atoms with E-state index < -0.39 is 7.52 Å². The van der Waals surface area contributed by atoms with E-state index in [-0.39, 0.29) is 0 Å². The summed E-state index contributed by atoms with van der Waals surface area (Å²) < 4.78 is 18.3. The summed E-state index contributed by atoms with van der Waals surface area (Å²) in [6.45, 7) is 7.69. The molecule has 3 nitrogen and oxygen atoms in total. The van der Waals surface area contributed by atoms with E-state index in [0.717, 1.165) is 23.2 Å². The quantitative estimate of drug-likeness (QED) is 0.773. The summed E-state index contributed by atoms with van der Waals surface area (Å²) in [5, 5.41) is 3.04. The molecule has 0 spiro atoms. The van der Waals surface area contributed by atoms with Gasteiger partial charge in [0.2, 0.25) is 0 Å². The molecule has 4 heteroatoms. The number of aryl methyl sites for hydroxylation is 3. The van der Waals surface area contributed by atoms with Crippen LogP contribution in [0, 0.1) is 13.8 Å². The Bertz CT molecular complexity index is 665. The molecule has 21 heavy (non-hydrogen) atoms. The highest BCUT2D eigenvalue weighted by Gasteiger charge is 2.18. The van der Waals surface area contributed by atoms with Crippen molar-refractivity contribution < 1.29 is 9.09 Å². The van der Waals surface area contributed by atoms with E-state index in [9.17, 15) is 4.57 Å². The van der Waals surface area contributed by atoms with Gasteiger partial charge in [-0.1, -0.05) is 31.2 Å². The molecule has 2 rings (SSSR count). The monoisotopic (exact) mass is 303 g/mol. The fourth-order valence-electron chi connectivity index (χ4n) is 2.09. The smallest absolute Gasteiger partial charge is 0.338 e. The first-order chi connectivity index (χ1) is 9.89. The molecule has 2 aromatic carbocycles. The summed E-state index contributed by atoms with van der Waals surface area (Å²) in [5.74, 6) is 0.621. The topological polar surface area (TPSA) is 38.3 Å². The van der Waals surface area contributed by atoms with Gasteiger partial charge in [0.15, 0.2) is 0 Å². The minimum Gasteiger partial charge on any atom is -0.429 e. The lowest BCUT2D eigenvalue weighted by Crippen LogP contribution is -2.03. The predicted octanol–water partition coefficient (Wildman–Crippen LogP) is 5.18. The summed E-state index contributed by atoms with van der Waals surface area (Å²) in [6.07, 6.45) is 0.977. The van der Waals surface area contributed by atoms with Crippen molar-refractivity contribution in [1.82, 2.24) is 0 Å². The van der Waals surface area contributed by atoms with Crippen LogP contribution in [0.3, 0.4) is 0 Å². The minimum absolute atomic E-state index is 0.621. The zero-order valence-electron chi connectivity index (χ0n) is 13.0. The van der Waals surface area contributed by atoms with E-state index in [0.29, 0.717) is 5.75 Å². The fraction of sp³-hybridized carbons (Fsp3) is 0.294. The number of anilines is 1. The molecule has 0 saturated heterocycles. The summed E-state index contributed by atoms with van der Waals surface area (Å²) in [6, 6.07) is 13.7. The molecule has 0 radical (unpaired) electrons. The third-order valence-electron chi connectivity index (χ3n) is 3.33. The second-order valence-corrected chi connectivity index (χ2v) is 7.46. The van der Waals surface area contributed by atoms with E-state index in [1.54, 1.807) is 6.66 Å². The maximum atomic E-state index is 12.6. The van der Waals surface area contributed by atoms with Crippen molar-refractivity contribution in [2.24, 2.45) is 0 Å². The number of rotatable bonds is 5. The van der Waals surface area contributed by atoms with Gasteiger partial charge < -0.3 is 9.61 Å². The Labute approximate surface area is 126 Å². The number of hydrogen-bond donors (Lipinski definition) is 1. The molecule has 1 atom stereocenters. The first kappa shape index (κ1) is 15.7. The van der Waals surface area contributed by atoms with E-state index in [1.165, 1.54) is 5.56 Å². The molecule has 1 N–H and O–H groups in total. The van der Waals surface area contributed by atoms with Gasteiger partial charge in [0.25, 0.3) is 0 Å². The summed E-state index contributed by atoms with van der Waals surface area (Å²) >= 11 is 0. The van der Waals surface area contributed by atoms with E-state index in [1.807, 2.05) is 56.3 Å². The molecular weight excluding hydrogens is 281 g/mol. The molecule has 0 aromatic heterocycles. The van der Waals surface area contributed by atoms with Crippen LogP contribution >= 0.6 is 7.52 Å². The zero-order valence-corrected chi connectivity index (χ0v) is 13.9. The van der Waals surface area contributed by atoms with Gasteiger partial charge >= 0.3 is 7.52 Å². The highest BCUT2D eigenvalue weighted by molar-refractivity contribution is 7.60. The molecule has 0 heterocycles. The van der Waals surface area contributed by atoms with Gasteiger partial charge in [-0.3, -0.25) is 4.57 Å². The van der Waals surface area contributed by atoms with Crippen molar-refractivity contribution in [2.75, 3.05) is 11.8 Å². The molecule has 112 valence electrons. The molecule has 0 aliphatic heterocycles. The Morgan fingerprint density at radius 2 is 1.76 bits per heavy atom. The van der Waals surface area contributed by atoms with Crippen molar-refractivity contribution in [3.63, 3.8) is 0 Å². The molecule has 0 unspecified atom stereocenters. The van der Waals surface area contributed by atoms with Crippen LogP contribution in [0.5, 0.6) is 5.75 Å². The van der Waals surface area contributed by atoms with Crippen LogP contribution in [0.25, 0.3) is 0 Å². The number of benzene rings is 2. The lowest BCUT2D eigenvalue weighted by molar-refractivity contribution is 0.493. The average Bonchev–Trinajstić information content (AvgIpc) is 2.43. The highest BCUT2D eigenvalue weighted by Crippen LogP contribution is 2.44. The van der Waals surface area contributed by atoms with E-state index in [4.69, 9.17) is 4.52 Å². The number of nitrogens with one attached hydrogen (secondary N) is 1. The van der Waals surface area contributed by atoms with E-state index in [2.05, 4.69) is 12.0 Å². The van der Waals surface area contributed by atoms with Crippen LogP contribution < -0.4 is 9.61 Å². The normalized spacial score (nSPS) is 13.5. The molecule has 0 saturated carbocycles. The van der Waals surface area contributed by atoms with Crippen LogP contribution in [-0.4, -0.2) is 6.66 Å². The second-order valence-electron chi connectivity index (χ2n) is 5.36. The first-order valence-corrected chi connectivity index (χ1v) is 9.18. The second kappa shape index (κ2) is 6.36. The molecular formula is C17H22NO2P. The molecule has 0 aliphatic rings. The van der Waals surface area contributed by atoms with Gasteiger partial charge in [-0.25, -0.2) is 0 Å². The van der Waals surface area contributed by atoms with Crippen LogP contribution in [0.2, 0.25) is 0 Å². The summed E-state index contributed by atoms with van der Waals surface area (Å²) in [4.78, 5) is 0. The third-order valence-corrected chi connectivity index (χ3v) is 4.53. The average molecular weight is 303 g/mol. The van der Waals surface area contributed by atoms with Gasteiger partial charge in [0.1, 0.15) is 5.75 Å². The lowest BCUT2D eigenvalue weighted by atomic mass is 10.1. The van der Waals surface area contributed by atoms with Crippen molar-refractivity contribution in [3.05, 3.63) is 59.2 Å². The molecule has 0 aliphatic carbocycles. The summed E-state index contributed by atoms with van der Waals surface area (Å²) in [7, 11) is -2.96. The van der Waals surface area contributed by atoms with Gasteiger partial charge in [-0.2, -0.15) is 0 Å². The Morgan fingerprint density at radius 3 is 2.38 bits per heavy atom. The van der Waals surface area contributed by atoms with Crippen molar-refractivity contribution in [1.29, 1.82) is 0 Å². The summed E-state index contributed by atoms with van der Waals surface area (Å²) in [5.41, 5.74) is 4.25. The van der Waals surface area contributed by atoms with E-state index >= 15 is 0 Å². The van der Waals surface area contributed by atoms with Crippen LogP contribution in [0.15, 0.2) is 42.5 Å². The van der Waals surface area contributed by atoms with Crippen molar-refractivity contribution in [2.45, 2.75) is 27.2 Å². The van der Waals surface area contributed by atoms with Gasteiger partial charge in [-0.05, 0) is 55.2 Å². The Kier molecular flexibility index (Phi) is 4.74. The highest BCUT2D eigenvalue weighted by atomic mass is 31.2. The SMILES string of the molecule is CCc1ccc(O[P@](C)(=O)Nc2cc(C)ccc2C)cc1. The lowest BCUT2D eigenvalue weighted by Gasteiger charge is -2.19. The standard InChI is InChI=1S/C17H22NO2P/c1-5-15-8-10-16(11-9-15)20-21(4,19)18-17-12-13(2)6-7-14(17)3/h6-12H,5H2,1-4H3,(H,18,19)/t21-/m0/s1. The fourth-order valence-corrected chi connectivity index (χ4v) is 3.33. The maximum absolute atomic E-state index is 12.6. The Hall–Kier alpha value is -1.73. The van der Waals surface area contributed by atoms with Crippen LogP contribution in [-0.2, 0) is 11.0 Å². The van der Waals surface area contributed by atoms with Crippen molar-refractivity contribution in [3.8, 4) is 5.75 Å². The van der Waals surface area contributed by atoms with Gasteiger partial charge in [-0.15, -0.1) is 0 Å². The van der Waals surface area contributed by atoms with Crippen molar-refractivity contribution >= 4 is 13.2 Å². The van der Waals surface area contributed by atoms with Crippen LogP contribution in [0.1, 0.15) is 23.6 Å². The molecule has 0 bridgehead atoms. The third kappa shape index (κ3) is 4.37. The molecule has 0 fully saturated rings.